The molecule has 0 unspecified atom stereocenters. The predicted molar refractivity (Wildman–Crippen MR) is 37.0 cm³/mol. The summed E-state index contributed by atoms with van der Waals surface area (Å²) < 4.78 is 6.91. The summed E-state index contributed by atoms with van der Waals surface area (Å²) in [5.41, 5.74) is 0. The lowest BCUT2D eigenvalue weighted by molar-refractivity contribution is 0.388. The lowest BCUT2D eigenvalue weighted by Gasteiger charge is -1.93. The third-order valence-electron chi connectivity index (χ3n) is 1.71. The van der Waals surface area contributed by atoms with Crippen LogP contribution in [0.25, 0.3) is 0 Å². The van der Waals surface area contributed by atoms with Crippen LogP contribution in [-0.2, 0) is 0 Å². The SMILES string of the molecule is COc1ccn(C2CC2)n1. The average molecular weight is 138 g/mol. The van der Waals surface area contributed by atoms with E-state index >= 15 is 0 Å². The van der Waals surface area contributed by atoms with E-state index < -0.39 is 0 Å². The number of aromatic nitrogens is 2. The smallest absolute Gasteiger partial charge is 0.232 e. The Balaban J connectivity index is 2.19. The molecule has 0 saturated heterocycles. The maximum absolute atomic E-state index is 4.94. The maximum atomic E-state index is 4.94. The van der Waals surface area contributed by atoms with Gasteiger partial charge in [-0.2, -0.15) is 0 Å². The number of methoxy groups -OCH3 is 1. The van der Waals surface area contributed by atoms with E-state index in [-0.39, 0.29) is 0 Å². The fourth-order valence-corrected chi connectivity index (χ4v) is 0.972. The van der Waals surface area contributed by atoms with Crippen LogP contribution in [0.2, 0.25) is 0 Å². The maximum Gasteiger partial charge on any atom is 0.232 e. The van der Waals surface area contributed by atoms with E-state index in [1.807, 2.05) is 16.9 Å². The molecule has 0 aliphatic heterocycles. The summed E-state index contributed by atoms with van der Waals surface area (Å²) in [5.74, 6) is 0.715. The van der Waals surface area contributed by atoms with E-state index in [2.05, 4.69) is 5.10 Å². The van der Waals surface area contributed by atoms with E-state index in [0.29, 0.717) is 11.9 Å². The van der Waals surface area contributed by atoms with Crippen LogP contribution < -0.4 is 4.74 Å². The van der Waals surface area contributed by atoms with Crippen LogP contribution in [0.15, 0.2) is 12.3 Å². The summed E-state index contributed by atoms with van der Waals surface area (Å²) in [7, 11) is 1.64. The highest BCUT2D eigenvalue weighted by Crippen LogP contribution is 2.34. The Labute approximate surface area is 59.6 Å². The molecule has 3 nitrogen and oxygen atoms in total. The van der Waals surface area contributed by atoms with Crippen LogP contribution in [-0.4, -0.2) is 16.9 Å². The number of ether oxygens (including phenoxy) is 1. The molecule has 0 spiro atoms. The van der Waals surface area contributed by atoms with Gasteiger partial charge in [0.1, 0.15) is 0 Å². The Bertz CT molecular complexity index is 227. The first-order chi connectivity index (χ1) is 4.90. The molecule has 0 atom stereocenters. The Morgan fingerprint density at radius 2 is 2.50 bits per heavy atom. The summed E-state index contributed by atoms with van der Waals surface area (Å²) in [4.78, 5) is 0. The van der Waals surface area contributed by atoms with Gasteiger partial charge < -0.3 is 4.74 Å². The van der Waals surface area contributed by atoms with Crippen molar-refractivity contribution in [3.8, 4) is 5.88 Å². The molecule has 1 heterocycles. The highest BCUT2D eigenvalue weighted by atomic mass is 16.5. The predicted octanol–water partition coefficient (Wildman–Crippen LogP) is 1.23. The molecule has 0 amide bonds. The Hall–Kier alpha value is -0.990. The first kappa shape index (κ1) is 5.77. The van der Waals surface area contributed by atoms with Crippen molar-refractivity contribution in [3.63, 3.8) is 0 Å². The van der Waals surface area contributed by atoms with E-state index in [1.54, 1.807) is 7.11 Å². The van der Waals surface area contributed by atoms with E-state index in [9.17, 15) is 0 Å². The fraction of sp³-hybridized carbons (Fsp3) is 0.571. The molecule has 0 bridgehead atoms. The quantitative estimate of drug-likeness (QED) is 0.614. The largest absolute Gasteiger partial charge is 0.480 e. The molecule has 1 fully saturated rings. The lowest BCUT2D eigenvalue weighted by atomic mass is 10.7. The van der Waals surface area contributed by atoms with Crippen LogP contribution in [0.4, 0.5) is 0 Å². The van der Waals surface area contributed by atoms with E-state index in [4.69, 9.17) is 4.74 Å². The Morgan fingerprint density at radius 3 is 3.00 bits per heavy atom. The molecule has 10 heavy (non-hydrogen) atoms. The number of hydrogen-bond donors (Lipinski definition) is 0. The topological polar surface area (TPSA) is 27.1 Å². The minimum absolute atomic E-state index is 0.656. The third kappa shape index (κ3) is 0.875. The fourth-order valence-electron chi connectivity index (χ4n) is 0.972. The minimum Gasteiger partial charge on any atom is -0.480 e. The van der Waals surface area contributed by atoms with Crippen molar-refractivity contribution in [1.29, 1.82) is 0 Å². The molecule has 54 valence electrons. The van der Waals surface area contributed by atoms with Crippen molar-refractivity contribution < 1.29 is 4.74 Å². The molecule has 1 aliphatic rings. The van der Waals surface area contributed by atoms with Crippen LogP contribution in [0.3, 0.4) is 0 Å². The summed E-state index contributed by atoms with van der Waals surface area (Å²) >= 11 is 0. The summed E-state index contributed by atoms with van der Waals surface area (Å²) in [6.07, 6.45) is 4.51. The number of nitrogens with zero attached hydrogens (tertiary/aromatic N) is 2. The molecular formula is C7H10N2O. The van der Waals surface area contributed by atoms with E-state index in [0.717, 1.165) is 0 Å². The van der Waals surface area contributed by atoms with Gasteiger partial charge in [0.2, 0.25) is 5.88 Å². The first-order valence-electron chi connectivity index (χ1n) is 3.49. The molecular weight excluding hydrogens is 128 g/mol. The minimum atomic E-state index is 0.656. The summed E-state index contributed by atoms with van der Waals surface area (Å²) in [6, 6.07) is 2.54. The normalized spacial score (nSPS) is 17.3. The number of hydrogen-bond acceptors (Lipinski definition) is 2. The molecule has 0 aromatic carbocycles. The van der Waals surface area contributed by atoms with Crippen molar-refractivity contribution in [2.75, 3.05) is 7.11 Å². The molecule has 0 N–H and O–H groups in total. The number of rotatable bonds is 2. The van der Waals surface area contributed by atoms with E-state index in [1.165, 1.54) is 12.8 Å². The van der Waals surface area contributed by atoms with Crippen LogP contribution >= 0.6 is 0 Å². The van der Waals surface area contributed by atoms with Gasteiger partial charge >= 0.3 is 0 Å². The van der Waals surface area contributed by atoms with Crippen molar-refractivity contribution >= 4 is 0 Å². The van der Waals surface area contributed by atoms with Gasteiger partial charge in [0.25, 0.3) is 0 Å². The highest BCUT2D eigenvalue weighted by molar-refractivity contribution is 5.06. The van der Waals surface area contributed by atoms with Gasteiger partial charge in [0.05, 0.1) is 13.2 Å². The van der Waals surface area contributed by atoms with Crippen molar-refractivity contribution in [3.05, 3.63) is 12.3 Å². The zero-order valence-electron chi connectivity index (χ0n) is 5.95. The summed E-state index contributed by atoms with van der Waals surface area (Å²) in [5, 5.41) is 4.19. The van der Waals surface area contributed by atoms with Gasteiger partial charge in [-0.1, -0.05) is 0 Å². The van der Waals surface area contributed by atoms with Gasteiger partial charge in [0, 0.05) is 12.3 Å². The second kappa shape index (κ2) is 2.01. The molecule has 3 heteroatoms. The lowest BCUT2D eigenvalue weighted by Crippen LogP contribution is -1.94. The van der Waals surface area contributed by atoms with Crippen LogP contribution in [0.5, 0.6) is 5.88 Å². The molecule has 1 aromatic heterocycles. The second-order valence-corrected chi connectivity index (χ2v) is 2.57. The van der Waals surface area contributed by atoms with Crippen molar-refractivity contribution in [2.45, 2.75) is 18.9 Å². The molecule has 1 aromatic rings. The monoisotopic (exact) mass is 138 g/mol. The standard InChI is InChI=1S/C7H10N2O/c1-10-7-4-5-9(8-7)6-2-3-6/h4-6H,2-3H2,1H3. The zero-order valence-corrected chi connectivity index (χ0v) is 5.95. The van der Waals surface area contributed by atoms with Crippen molar-refractivity contribution in [1.82, 2.24) is 9.78 Å². The Kier molecular flexibility index (Phi) is 1.16. The first-order valence-corrected chi connectivity index (χ1v) is 3.49. The average Bonchev–Trinajstić information content (AvgIpc) is 2.70. The van der Waals surface area contributed by atoms with Crippen LogP contribution in [0.1, 0.15) is 18.9 Å². The molecule has 2 rings (SSSR count). The van der Waals surface area contributed by atoms with Crippen LogP contribution in [0, 0.1) is 0 Å². The molecule has 1 aliphatic carbocycles. The summed E-state index contributed by atoms with van der Waals surface area (Å²) in [6.45, 7) is 0. The Morgan fingerprint density at radius 1 is 1.70 bits per heavy atom. The molecule has 1 saturated carbocycles. The zero-order chi connectivity index (χ0) is 6.97. The molecule has 0 radical (unpaired) electrons. The van der Waals surface area contributed by atoms with Crippen molar-refractivity contribution in [2.24, 2.45) is 0 Å². The van der Waals surface area contributed by atoms with Gasteiger partial charge in [-0.15, -0.1) is 5.10 Å². The highest BCUT2D eigenvalue weighted by Gasteiger charge is 2.24. The van der Waals surface area contributed by atoms with Gasteiger partial charge in [-0.05, 0) is 12.8 Å². The third-order valence-corrected chi connectivity index (χ3v) is 1.71. The van der Waals surface area contributed by atoms with Gasteiger partial charge in [-0.25, -0.2) is 0 Å². The second-order valence-electron chi connectivity index (χ2n) is 2.57. The van der Waals surface area contributed by atoms with Gasteiger partial charge in [-0.3, -0.25) is 4.68 Å². The van der Waals surface area contributed by atoms with Gasteiger partial charge in [0.15, 0.2) is 0 Å².